The second-order valence-corrected chi connectivity index (χ2v) is 5.39. The Balaban J connectivity index is 0.00000176. The van der Waals surface area contributed by atoms with E-state index in [1.165, 1.54) is 16.5 Å². The number of rotatable bonds is 4. The molecule has 0 bridgehead atoms. The second-order valence-electron chi connectivity index (χ2n) is 5.39. The van der Waals surface area contributed by atoms with E-state index in [0.29, 0.717) is 6.04 Å². The first-order valence-electron chi connectivity index (χ1n) is 7.54. The summed E-state index contributed by atoms with van der Waals surface area (Å²) < 4.78 is 0. The maximum absolute atomic E-state index is 4.29. The summed E-state index contributed by atoms with van der Waals surface area (Å²) in [4.78, 5) is 7.61. The fourth-order valence-electron chi connectivity index (χ4n) is 2.78. The third kappa shape index (κ3) is 4.03. The molecule has 0 saturated carbocycles. The van der Waals surface area contributed by atoms with Gasteiger partial charge in [-0.2, -0.15) is 0 Å². The quantitative estimate of drug-likeness (QED) is 0.314. The molecule has 4 nitrogen and oxygen atoms in total. The molecular weight excluding hydrogens is 387 g/mol. The van der Waals surface area contributed by atoms with Crippen molar-refractivity contribution < 1.29 is 0 Å². The molecule has 2 aromatic rings. The highest BCUT2D eigenvalue weighted by Crippen LogP contribution is 2.17. The number of aromatic nitrogens is 1. The molecule has 0 unspecified atom stereocenters. The fraction of sp³-hybridized carbons (Fsp3) is 0.353. The number of para-hydroxylation sites is 1. The molecule has 1 aromatic heterocycles. The van der Waals surface area contributed by atoms with Crippen molar-refractivity contribution in [3.63, 3.8) is 0 Å². The predicted octanol–water partition coefficient (Wildman–Crippen LogP) is 3.21. The minimum Gasteiger partial charge on any atom is -0.361 e. The number of benzene rings is 1. The van der Waals surface area contributed by atoms with Gasteiger partial charge in [-0.1, -0.05) is 30.4 Å². The summed E-state index contributed by atoms with van der Waals surface area (Å²) in [6.07, 6.45) is 9.69. The zero-order chi connectivity index (χ0) is 14.5. The van der Waals surface area contributed by atoms with E-state index >= 15 is 0 Å². The van der Waals surface area contributed by atoms with Crippen LogP contribution in [0.1, 0.15) is 18.4 Å². The highest BCUT2D eigenvalue weighted by Gasteiger charge is 2.11. The fourth-order valence-corrected chi connectivity index (χ4v) is 2.78. The Morgan fingerprint density at radius 2 is 2.05 bits per heavy atom. The topological polar surface area (TPSA) is 52.2 Å². The van der Waals surface area contributed by atoms with Gasteiger partial charge in [0.25, 0.3) is 0 Å². The summed E-state index contributed by atoms with van der Waals surface area (Å²) in [5.74, 6) is 0.892. The monoisotopic (exact) mass is 410 g/mol. The molecule has 0 spiro atoms. The molecule has 0 aliphatic heterocycles. The van der Waals surface area contributed by atoms with E-state index in [-0.39, 0.29) is 24.0 Å². The van der Waals surface area contributed by atoms with Gasteiger partial charge in [0.2, 0.25) is 0 Å². The largest absolute Gasteiger partial charge is 0.361 e. The van der Waals surface area contributed by atoms with Crippen molar-refractivity contribution in [1.82, 2.24) is 15.6 Å². The van der Waals surface area contributed by atoms with Crippen LogP contribution in [0, 0.1) is 0 Å². The standard InChI is InChI=1S/C17H22N4.HI/c1-18-17(21-14-6-2-3-7-14)19-11-10-13-12-20-16-9-5-4-8-15(13)16;/h2-5,8-9,12,14,20H,6-7,10-11H2,1H3,(H2,18,19,21);1H. The Kier molecular flexibility index (Phi) is 6.30. The summed E-state index contributed by atoms with van der Waals surface area (Å²) in [6, 6.07) is 8.91. The van der Waals surface area contributed by atoms with Gasteiger partial charge in [-0.15, -0.1) is 24.0 Å². The molecule has 1 aromatic carbocycles. The Morgan fingerprint density at radius 3 is 2.82 bits per heavy atom. The minimum absolute atomic E-state index is 0. The number of halogens is 1. The Bertz CT molecular complexity index is 651. The summed E-state index contributed by atoms with van der Waals surface area (Å²) >= 11 is 0. The third-order valence-corrected chi connectivity index (χ3v) is 3.93. The van der Waals surface area contributed by atoms with Crippen LogP contribution in [-0.4, -0.2) is 30.6 Å². The summed E-state index contributed by atoms with van der Waals surface area (Å²) in [5, 5.41) is 8.16. The number of hydrogen-bond donors (Lipinski definition) is 3. The van der Waals surface area contributed by atoms with Gasteiger partial charge in [0.1, 0.15) is 0 Å². The molecule has 1 heterocycles. The second kappa shape index (κ2) is 8.22. The van der Waals surface area contributed by atoms with E-state index in [0.717, 1.165) is 31.8 Å². The number of fused-ring (bicyclic) bond motifs is 1. The summed E-state index contributed by atoms with van der Waals surface area (Å²) in [6.45, 7) is 0.877. The Hall–Kier alpha value is -1.50. The molecule has 0 radical (unpaired) electrons. The summed E-state index contributed by atoms with van der Waals surface area (Å²) in [5.41, 5.74) is 2.54. The molecule has 3 rings (SSSR count). The first kappa shape index (κ1) is 16.9. The minimum atomic E-state index is 0. The lowest BCUT2D eigenvalue weighted by Gasteiger charge is -2.16. The molecule has 22 heavy (non-hydrogen) atoms. The Morgan fingerprint density at radius 1 is 1.27 bits per heavy atom. The molecule has 1 aliphatic rings. The highest BCUT2D eigenvalue weighted by molar-refractivity contribution is 14.0. The molecular formula is C17H23IN4. The van der Waals surface area contributed by atoms with Crippen LogP contribution in [0.15, 0.2) is 47.6 Å². The molecule has 3 N–H and O–H groups in total. The van der Waals surface area contributed by atoms with Gasteiger partial charge in [-0.05, 0) is 30.9 Å². The maximum atomic E-state index is 4.29. The Labute approximate surface area is 148 Å². The van der Waals surface area contributed by atoms with Crippen molar-refractivity contribution in [3.05, 3.63) is 48.2 Å². The van der Waals surface area contributed by atoms with E-state index in [9.17, 15) is 0 Å². The van der Waals surface area contributed by atoms with Crippen LogP contribution < -0.4 is 10.6 Å². The van der Waals surface area contributed by atoms with E-state index in [1.54, 1.807) is 0 Å². The zero-order valence-electron chi connectivity index (χ0n) is 12.8. The van der Waals surface area contributed by atoms with Gasteiger partial charge >= 0.3 is 0 Å². The molecule has 0 atom stereocenters. The molecule has 118 valence electrons. The van der Waals surface area contributed by atoms with Gasteiger partial charge < -0.3 is 15.6 Å². The van der Waals surface area contributed by atoms with Gasteiger partial charge in [-0.25, -0.2) is 0 Å². The van der Waals surface area contributed by atoms with Crippen molar-refractivity contribution in [1.29, 1.82) is 0 Å². The highest BCUT2D eigenvalue weighted by atomic mass is 127. The van der Waals surface area contributed by atoms with Crippen LogP contribution in [0.3, 0.4) is 0 Å². The van der Waals surface area contributed by atoms with Crippen LogP contribution in [-0.2, 0) is 6.42 Å². The molecule has 5 heteroatoms. The number of hydrogen-bond acceptors (Lipinski definition) is 1. The molecule has 0 amide bonds. The number of aliphatic imine (C=N–C) groups is 1. The average Bonchev–Trinajstić information content (AvgIpc) is 3.16. The van der Waals surface area contributed by atoms with Crippen LogP contribution in [0.4, 0.5) is 0 Å². The number of H-pyrrole nitrogens is 1. The molecule has 0 saturated heterocycles. The average molecular weight is 410 g/mol. The number of aromatic amines is 1. The van der Waals surface area contributed by atoms with Gasteiger partial charge in [0.05, 0.1) is 0 Å². The van der Waals surface area contributed by atoms with E-state index < -0.39 is 0 Å². The first-order chi connectivity index (χ1) is 10.4. The van der Waals surface area contributed by atoms with Crippen molar-refractivity contribution in [3.8, 4) is 0 Å². The van der Waals surface area contributed by atoms with E-state index in [4.69, 9.17) is 0 Å². The van der Waals surface area contributed by atoms with E-state index in [2.05, 4.69) is 63.2 Å². The number of nitrogens with zero attached hydrogens (tertiary/aromatic N) is 1. The predicted molar refractivity (Wildman–Crippen MR) is 104 cm³/mol. The zero-order valence-corrected chi connectivity index (χ0v) is 15.1. The lowest BCUT2D eigenvalue weighted by atomic mass is 10.1. The van der Waals surface area contributed by atoms with Gasteiger partial charge in [0.15, 0.2) is 5.96 Å². The van der Waals surface area contributed by atoms with Crippen LogP contribution in [0.25, 0.3) is 10.9 Å². The van der Waals surface area contributed by atoms with Crippen LogP contribution >= 0.6 is 24.0 Å². The molecule has 0 fully saturated rings. The first-order valence-corrected chi connectivity index (χ1v) is 7.54. The number of nitrogens with one attached hydrogen (secondary N) is 3. The van der Waals surface area contributed by atoms with Crippen molar-refractivity contribution >= 4 is 40.8 Å². The molecule has 1 aliphatic carbocycles. The van der Waals surface area contributed by atoms with Crippen molar-refractivity contribution in [2.24, 2.45) is 4.99 Å². The SMILES string of the molecule is CN=C(NCCc1c[nH]c2ccccc12)NC1CC=CC1.I. The van der Waals surface area contributed by atoms with Crippen molar-refractivity contribution in [2.45, 2.75) is 25.3 Å². The lowest BCUT2D eigenvalue weighted by Crippen LogP contribution is -2.43. The smallest absolute Gasteiger partial charge is 0.191 e. The van der Waals surface area contributed by atoms with Gasteiger partial charge in [-0.3, -0.25) is 4.99 Å². The van der Waals surface area contributed by atoms with Crippen LogP contribution in [0.5, 0.6) is 0 Å². The maximum Gasteiger partial charge on any atom is 0.191 e. The van der Waals surface area contributed by atoms with Crippen molar-refractivity contribution in [2.75, 3.05) is 13.6 Å². The summed E-state index contributed by atoms with van der Waals surface area (Å²) in [7, 11) is 1.82. The normalized spacial score (nSPS) is 15.0. The third-order valence-electron chi connectivity index (χ3n) is 3.93. The van der Waals surface area contributed by atoms with E-state index in [1.807, 2.05) is 7.05 Å². The number of guanidine groups is 1. The van der Waals surface area contributed by atoms with Gasteiger partial charge in [0, 0.05) is 36.7 Å². The van der Waals surface area contributed by atoms with Crippen LogP contribution in [0.2, 0.25) is 0 Å². The lowest BCUT2D eigenvalue weighted by molar-refractivity contribution is 0.633.